The molecule has 3 aromatic heterocycles. The van der Waals surface area contributed by atoms with Gasteiger partial charge in [0, 0.05) is 61.7 Å². The summed E-state index contributed by atoms with van der Waals surface area (Å²) in [7, 11) is 2.17. The molecule has 1 fully saturated rings. The first-order chi connectivity index (χ1) is 17.2. The number of nitrogens with zero attached hydrogens (tertiary/aromatic N) is 7. The molecule has 0 amide bonds. The Bertz CT molecular complexity index is 1300. The Labute approximate surface area is 204 Å². The Kier molecular flexibility index (Phi) is 5.85. The third-order valence-electron chi connectivity index (χ3n) is 6.58. The first-order valence-corrected chi connectivity index (χ1v) is 12.0. The number of hydrogen-bond donors (Lipinski definition) is 1. The second-order valence-corrected chi connectivity index (χ2v) is 8.92. The maximum Gasteiger partial charge on any atom is 0.227 e. The zero-order valence-electron chi connectivity index (χ0n) is 19.8. The Morgan fingerprint density at radius 3 is 2.60 bits per heavy atom. The van der Waals surface area contributed by atoms with Crippen molar-refractivity contribution in [1.29, 1.82) is 0 Å². The maximum absolute atomic E-state index is 5.76. The Hall–Kier alpha value is -3.82. The number of hydrogen-bond acceptors (Lipinski definition) is 8. The quantitative estimate of drug-likeness (QED) is 0.477. The number of fused-ring (bicyclic) bond motifs is 1. The lowest BCUT2D eigenvalue weighted by Gasteiger charge is -2.34. The van der Waals surface area contributed by atoms with Crippen LogP contribution in [0.3, 0.4) is 0 Å². The third kappa shape index (κ3) is 4.48. The van der Waals surface area contributed by atoms with Gasteiger partial charge in [-0.25, -0.2) is 9.97 Å². The first-order valence-electron chi connectivity index (χ1n) is 12.0. The van der Waals surface area contributed by atoms with E-state index >= 15 is 0 Å². The summed E-state index contributed by atoms with van der Waals surface area (Å²) in [5.74, 6) is 0.545. The lowest BCUT2D eigenvalue weighted by atomic mass is 10.0. The topological polar surface area (TPSA) is 84.2 Å². The third-order valence-corrected chi connectivity index (χ3v) is 6.58. The van der Waals surface area contributed by atoms with E-state index in [1.54, 1.807) is 12.4 Å². The van der Waals surface area contributed by atoms with E-state index in [1.165, 1.54) is 5.69 Å². The fourth-order valence-electron chi connectivity index (χ4n) is 4.63. The van der Waals surface area contributed by atoms with Crippen molar-refractivity contribution in [2.24, 2.45) is 0 Å². The van der Waals surface area contributed by atoms with Crippen molar-refractivity contribution in [3.63, 3.8) is 0 Å². The fraction of sp³-hybridized carbons (Fsp3) is 0.308. The molecule has 0 bridgehead atoms. The molecule has 2 aliphatic rings. The molecular formula is C26H28N8O. The van der Waals surface area contributed by atoms with Crippen molar-refractivity contribution < 1.29 is 4.74 Å². The fourth-order valence-corrected chi connectivity index (χ4v) is 4.63. The molecule has 0 spiro atoms. The minimum Gasteiger partial charge on any atom is -0.373 e. The Balaban J connectivity index is 1.28. The number of ether oxygens (including phenoxy) is 1. The minimum absolute atomic E-state index is 0.503. The monoisotopic (exact) mass is 468 g/mol. The molecule has 1 aromatic carbocycles. The van der Waals surface area contributed by atoms with Gasteiger partial charge < -0.3 is 19.9 Å². The number of likely N-dealkylation sites (N-methyl/N-ethyl adjacent to an activating group) is 1. The van der Waals surface area contributed by atoms with Gasteiger partial charge in [-0.1, -0.05) is 0 Å². The second kappa shape index (κ2) is 9.44. The molecule has 178 valence electrons. The van der Waals surface area contributed by atoms with Gasteiger partial charge >= 0.3 is 0 Å². The second-order valence-electron chi connectivity index (χ2n) is 8.92. The molecule has 0 radical (unpaired) electrons. The Morgan fingerprint density at radius 2 is 1.80 bits per heavy atom. The van der Waals surface area contributed by atoms with Gasteiger partial charge in [-0.15, -0.1) is 0 Å². The average Bonchev–Trinajstić information content (AvgIpc) is 3.30. The lowest BCUT2D eigenvalue weighted by Crippen LogP contribution is -2.44. The molecule has 6 rings (SSSR count). The molecule has 9 heteroatoms. The van der Waals surface area contributed by atoms with Crippen LogP contribution < -0.4 is 10.2 Å². The van der Waals surface area contributed by atoms with Gasteiger partial charge in [-0.2, -0.15) is 5.10 Å². The zero-order chi connectivity index (χ0) is 23.6. The van der Waals surface area contributed by atoms with Crippen LogP contribution in [0.5, 0.6) is 0 Å². The molecule has 0 unspecified atom stereocenters. The highest BCUT2D eigenvalue weighted by molar-refractivity contribution is 5.81. The van der Waals surface area contributed by atoms with Crippen LogP contribution in [0, 0.1) is 0 Å². The van der Waals surface area contributed by atoms with E-state index in [2.05, 4.69) is 56.4 Å². The number of piperazine rings is 1. The summed E-state index contributed by atoms with van der Waals surface area (Å²) in [5.41, 5.74) is 6.81. The van der Waals surface area contributed by atoms with Gasteiger partial charge in [-0.3, -0.25) is 9.67 Å². The highest BCUT2D eigenvalue weighted by atomic mass is 16.5. The highest BCUT2D eigenvalue weighted by Crippen LogP contribution is 2.35. The standard InChI is InChI=1S/C26H28N8O/c1-32-11-13-33(14-12-32)21-6-4-20(5-7-21)29-26-28-10-8-22(30-26)24-23-18-35-16-15-34(23)31-25(24)19-3-2-9-27-17-19/h2-10,17H,11-16,18H2,1H3,(H,28,29,30). The molecule has 0 atom stereocenters. The number of nitrogens with one attached hydrogen (secondary N) is 1. The van der Waals surface area contributed by atoms with Crippen LogP contribution in [0.2, 0.25) is 0 Å². The summed E-state index contributed by atoms with van der Waals surface area (Å²) < 4.78 is 7.78. The normalized spacial score (nSPS) is 16.2. The van der Waals surface area contributed by atoms with E-state index in [0.717, 1.165) is 66.6 Å². The minimum atomic E-state index is 0.503. The van der Waals surface area contributed by atoms with E-state index < -0.39 is 0 Å². The van der Waals surface area contributed by atoms with Gasteiger partial charge in [0.05, 0.1) is 36.7 Å². The summed E-state index contributed by atoms with van der Waals surface area (Å²) >= 11 is 0. The number of benzene rings is 1. The van der Waals surface area contributed by atoms with Crippen molar-refractivity contribution in [2.75, 3.05) is 50.1 Å². The summed E-state index contributed by atoms with van der Waals surface area (Å²) in [6, 6.07) is 14.3. The van der Waals surface area contributed by atoms with Gasteiger partial charge in [-0.05, 0) is 49.5 Å². The highest BCUT2D eigenvalue weighted by Gasteiger charge is 2.24. The van der Waals surface area contributed by atoms with Crippen LogP contribution in [0.25, 0.3) is 22.5 Å². The first kappa shape index (κ1) is 21.7. The summed E-state index contributed by atoms with van der Waals surface area (Å²) in [4.78, 5) is 18.4. The molecule has 1 saturated heterocycles. The smallest absolute Gasteiger partial charge is 0.227 e. The van der Waals surface area contributed by atoms with Gasteiger partial charge in [0.2, 0.25) is 5.95 Å². The molecule has 1 N–H and O–H groups in total. The molecular weight excluding hydrogens is 440 g/mol. The van der Waals surface area contributed by atoms with Gasteiger partial charge in [0.25, 0.3) is 0 Å². The van der Waals surface area contributed by atoms with E-state index in [4.69, 9.17) is 14.8 Å². The maximum atomic E-state index is 5.76. The summed E-state index contributed by atoms with van der Waals surface area (Å²) in [6.07, 6.45) is 5.38. The van der Waals surface area contributed by atoms with Crippen LogP contribution in [-0.4, -0.2) is 69.5 Å². The number of aromatic nitrogens is 5. The molecule has 9 nitrogen and oxygen atoms in total. The van der Waals surface area contributed by atoms with Crippen molar-refractivity contribution >= 4 is 17.3 Å². The van der Waals surface area contributed by atoms with E-state index in [0.29, 0.717) is 19.2 Å². The van der Waals surface area contributed by atoms with Crippen LogP contribution in [0.1, 0.15) is 5.69 Å². The van der Waals surface area contributed by atoms with Crippen LogP contribution in [0.15, 0.2) is 61.1 Å². The number of rotatable bonds is 5. The SMILES string of the molecule is CN1CCN(c2ccc(Nc3nccc(-c4c(-c5cccnc5)nn5c4COCC5)n3)cc2)CC1. The molecule has 35 heavy (non-hydrogen) atoms. The largest absolute Gasteiger partial charge is 0.373 e. The van der Waals surface area contributed by atoms with E-state index in [-0.39, 0.29) is 0 Å². The number of anilines is 3. The molecule has 5 heterocycles. The molecule has 0 saturated carbocycles. The predicted molar refractivity (Wildman–Crippen MR) is 136 cm³/mol. The van der Waals surface area contributed by atoms with Crippen molar-refractivity contribution in [1.82, 2.24) is 29.6 Å². The van der Waals surface area contributed by atoms with Crippen LogP contribution >= 0.6 is 0 Å². The number of pyridine rings is 1. The van der Waals surface area contributed by atoms with Crippen LogP contribution in [-0.2, 0) is 17.9 Å². The Morgan fingerprint density at radius 1 is 0.943 bits per heavy atom. The van der Waals surface area contributed by atoms with Crippen molar-refractivity contribution in [2.45, 2.75) is 13.2 Å². The van der Waals surface area contributed by atoms with Crippen molar-refractivity contribution in [3.8, 4) is 22.5 Å². The predicted octanol–water partition coefficient (Wildman–Crippen LogP) is 3.43. The average molecular weight is 469 g/mol. The molecule has 2 aliphatic heterocycles. The lowest BCUT2D eigenvalue weighted by molar-refractivity contribution is 0.0804. The van der Waals surface area contributed by atoms with Gasteiger partial charge in [0.15, 0.2) is 0 Å². The van der Waals surface area contributed by atoms with E-state index in [1.807, 2.05) is 29.1 Å². The summed E-state index contributed by atoms with van der Waals surface area (Å²) in [5, 5.41) is 8.24. The molecule has 4 aromatic rings. The molecule has 0 aliphatic carbocycles. The van der Waals surface area contributed by atoms with Gasteiger partial charge in [0.1, 0.15) is 5.69 Å². The van der Waals surface area contributed by atoms with Crippen LogP contribution in [0.4, 0.5) is 17.3 Å². The summed E-state index contributed by atoms with van der Waals surface area (Å²) in [6.45, 7) is 6.15. The zero-order valence-corrected chi connectivity index (χ0v) is 19.8. The van der Waals surface area contributed by atoms with E-state index in [9.17, 15) is 0 Å². The van der Waals surface area contributed by atoms with Crippen molar-refractivity contribution in [3.05, 3.63) is 66.7 Å².